The number of halogens is 11. The highest BCUT2D eigenvalue weighted by Crippen LogP contribution is 2.65. The Balaban J connectivity index is 1.83. The van der Waals surface area contributed by atoms with E-state index in [4.69, 9.17) is 34.8 Å². The van der Waals surface area contributed by atoms with Gasteiger partial charge in [-0.2, -0.15) is 26.3 Å². The molecule has 0 unspecified atom stereocenters. The number of benzene rings is 2. The van der Waals surface area contributed by atoms with Crippen molar-refractivity contribution in [2.75, 3.05) is 5.32 Å². The molecule has 1 fully saturated rings. The third kappa shape index (κ3) is 6.00. The lowest BCUT2D eigenvalue weighted by Gasteiger charge is -2.11. The number of alkyl halides is 8. The zero-order chi connectivity index (χ0) is 26.5. The minimum absolute atomic E-state index is 0.205. The number of anilines is 1. The van der Waals surface area contributed by atoms with Gasteiger partial charge in [-0.25, -0.2) is 8.78 Å². The van der Waals surface area contributed by atoms with Gasteiger partial charge in [0.1, 0.15) is 16.0 Å². The average molecular weight is 569 g/mol. The van der Waals surface area contributed by atoms with Crippen molar-refractivity contribution in [1.82, 2.24) is 0 Å². The summed E-state index contributed by atoms with van der Waals surface area (Å²) in [5, 5.41) is 1.57. The number of ketones is 1. The Kier molecular flexibility index (Phi) is 7.38. The maximum absolute atomic E-state index is 14.3. The summed E-state index contributed by atoms with van der Waals surface area (Å²) >= 11 is 17.9. The van der Waals surface area contributed by atoms with Gasteiger partial charge in [-0.15, -0.1) is 23.2 Å². The first-order valence-electron chi connectivity index (χ1n) is 9.57. The van der Waals surface area contributed by atoms with E-state index in [2.05, 4.69) is 5.32 Å². The van der Waals surface area contributed by atoms with Crippen molar-refractivity contribution in [3.63, 3.8) is 0 Å². The topological polar surface area (TPSA) is 46.2 Å². The van der Waals surface area contributed by atoms with Gasteiger partial charge in [0.2, 0.25) is 5.91 Å². The molecule has 3 rings (SSSR count). The molecule has 0 radical (unpaired) electrons. The summed E-state index contributed by atoms with van der Waals surface area (Å²) in [4.78, 5) is 24.8. The molecule has 2 aromatic carbocycles. The molecule has 2 aromatic rings. The highest BCUT2D eigenvalue weighted by atomic mass is 35.5. The fraction of sp³-hybridized carbons (Fsp3) is 0.333. The normalized spacial score (nSPS) is 19.4. The van der Waals surface area contributed by atoms with Gasteiger partial charge < -0.3 is 5.32 Å². The minimum Gasteiger partial charge on any atom is -0.323 e. The molecule has 1 saturated carbocycles. The van der Waals surface area contributed by atoms with Gasteiger partial charge in [-0.05, 0) is 29.8 Å². The van der Waals surface area contributed by atoms with Crippen molar-refractivity contribution in [1.29, 1.82) is 0 Å². The lowest BCUT2D eigenvalue weighted by Crippen LogP contribution is -2.18. The Morgan fingerprint density at radius 3 is 2.17 bits per heavy atom. The van der Waals surface area contributed by atoms with Crippen LogP contribution in [0.2, 0.25) is 5.02 Å². The van der Waals surface area contributed by atoms with E-state index < -0.39 is 86.5 Å². The quantitative estimate of drug-likeness (QED) is 0.221. The fourth-order valence-electron chi connectivity index (χ4n) is 3.48. The number of rotatable bonds is 6. The van der Waals surface area contributed by atoms with Crippen molar-refractivity contribution in [2.45, 2.75) is 35.4 Å². The molecule has 0 aliphatic heterocycles. The zero-order valence-electron chi connectivity index (χ0n) is 16.9. The lowest BCUT2D eigenvalue weighted by atomic mass is 10.0. The highest BCUT2D eigenvalue weighted by molar-refractivity contribution is 6.53. The second-order valence-corrected chi connectivity index (χ2v) is 9.56. The molecule has 190 valence electrons. The van der Waals surface area contributed by atoms with Crippen molar-refractivity contribution in [3.8, 4) is 0 Å². The number of nitrogens with one attached hydrogen (secondary N) is 1. The van der Waals surface area contributed by atoms with Gasteiger partial charge in [0.15, 0.2) is 5.78 Å². The van der Waals surface area contributed by atoms with E-state index in [1.165, 1.54) is 0 Å². The van der Waals surface area contributed by atoms with Crippen LogP contribution in [0.1, 0.15) is 40.2 Å². The molecule has 1 aliphatic rings. The van der Waals surface area contributed by atoms with Crippen LogP contribution in [0.15, 0.2) is 30.3 Å². The monoisotopic (exact) mass is 567 g/mol. The van der Waals surface area contributed by atoms with Gasteiger partial charge >= 0.3 is 12.4 Å². The van der Waals surface area contributed by atoms with E-state index >= 15 is 0 Å². The number of amides is 1. The number of hydrogen-bond acceptors (Lipinski definition) is 2. The Morgan fingerprint density at radius 1 is 0.971 bits per heavy atom. The third-order valence-electron chi connectivity index (χ3n) is 5.24. The standard InChI is InChI=1S/C21H12Cl3F8NO2/c22-11-7-13(26)14(6-9(11)15(34)3-4-19(27,28)29)33-18(35)17-16(20(17,23)24)8-1-2-12(25)10(5-8)21(30,31)32/h1-2,5-7,16-17H,3-4H2,(H,33,35)/t16-,17+/m0/s1. The Bertz CT molecular complexity index is 1180. The van der Waals surface area contributed by atoms with E-state index in [0.29, 0.717) is 18.2 Å². The molecular weight excluding hydrogens is 557 g/mol. The number of Topliss-reactive ketones (excluding diaryl/α,β-unsaturated/α-hetero) is 1. The maximum atomic E-state index is 14.3. The Morgan fingerprint density at radius 2 is 1.60 bits per heavy atom. The van der Waals surface area contributed by atoms with E-state index in [1.807, 2.05) is 0 Å². The van der Waals surface area contributed by atoms with Crippen LogP contribution in [-0.2, 0) is 11.0 Å². The van der Waals surface area contributed by atoms with Gasteiger partial charge in [-0.1, -0.05) is 17.7 Å². The first-order valence-corrected chi connectivity index (χ1v) is 10.7. The van der Waals surface area contributed by atoms with Crippen molar-refractivity contribution in [2.24, 2.45) is 5.92 Å². The molecule has 35 heavy (non-hydrogen) atoms. The van der Waals surface area contributed by atoms with Crippen molar-refractivity contribution < 1.29 is 44.7 Å². The number of carbonyl (C=O) groups excluding carboxylic acids is 2. The predicted octanol–water partition coefficient (Wildman–Crippen LogP) is 7.69. The van der Waals surface area contributed by atoms with Crippen molar-refractivity contribution in [3.05, 3.63) is 63.7 Å². The van der Waals surface area contributed by atoms with Crippen LogP contribution in [0.5, 0.6) is 0 Å². The van der Waals surface area contributed by atoms with Crippen LogP contribution < -0.4 is 5.32 Å². The molecular formula is C21H12Cl3F8NO2. The molecule has 1 aliphatic carbocycles. The molecule has 14 heteroatoms. The molecule has 0 saturated heterocycles. The summed E-state index contributed by atoms with van der Waals surface area (Å²) in [7, 11) is 0. The summed E-state index contributed by atoms with van der Waals surface area (Å²) in [6, 6.07) is 3.28. The Hall–Kier alpha value is -2.11. The average Bonchev–Trinajstić information content (AvgIpc) is 3.29. The first kappa shape index (κ1) is 27.5. The van der Waals surface area contributed by atoms with E-state index in [0.717, 1.165) is 12.1 Å². The molecule has 1 amide bonds. The minimum atomic E-state index is -5.03. The molecule has 0 heterocycles. The molecule has 1 N–H and O–H groups in total. The predicted molar refractivity (Wildman–Crippen MR) is 112 cm³/mol. The van der Waals surface area contributed by atoms with Crippen LogP contribution in [0, 0.1) is 17.6 Å². The van der Waals surface area contributed by atoms with Crippen LogP contribution in [-0.4, -0.2) is 22.2 Å². The smallest absolute Gasteiger partial charge is 0.323 e. The van der Waals surface area contributed by atoms with Crippen LogP contribution in [0.3, 0.4) is 0 Å². The van der Waals surface area contributed by atoms with Crippen molar-refractivity contribution >= 4 is 52.2 Å². The Labute approximate surface area is 207 Å². The summed E-state index contributed by atoms with van der Waals surface area (Å²) < 4.78 is 102. The summed E-state index contributed by atoms with van der Waals surface area (Å²) in [5.74, 6) is -7.46. The van der Waals surface area contributed by atoms with Crippen LogP contribution in [0.25, 0.3) is 0 Å². The summed E-state index contributed by atoms with van der Waals surface area (Å²) in [5.41, 5.74) is -2.93. The largest absolute Gasteiger partial charge is 0.419 e. The lowest BCUT2D eigenvalue weighted by molar-refractivity contribution is -0.140. The maximum Gasteiger partial charge on any atom is 0.419 e. The fourth-order valence-corrected chi connectivity index (χ4v) is 4.56. The van der Waals surface area contributed by atoms with E-state index in [9.17, 15) is 44.7 Å². The molecule has 2 atom stereocenters. The molecule has 3 nitrogen and oxygen atoms in total. The van der Waals surface area contributed by atoms with Gasteiger partial charge in [0, 0.05) is 17.9 Å². The van der Waals surface area contributed by atoms with Gasteiger partial charge in [0.05, 0.1) is 28.6 Å². The number of hydrogen-bond donors (Lipinski definition) is 1. The van der Waals surface area contributed by atoms with E-state index in [-0.39, 0.29) is 5.56 Å². The molecule has 0 aromatic heterocycles. The van der Waals surface area contributed by atoms with Crippen LogP contribution in [0.4, 0.5) is 40.8 Å². The third-order valence-corrected chi connectivity index (χ3v) is 6.49. The first-order chi connectivity index (χ1) is 15.9. The number of carbonyl (C=O) groups is 2. The second-order valence-electron chi connectivity index (χ2n) is 7.71. The van der Waals surface area contributed by atoms with Crippen LogP contribution >= 0.6 is 34.8 Å². The second kappa shape index (κ2) is 9.40. The van der Waals surface area contributed by atoms with Gasteiger partial charge in [0.25, 0.3) is 0 Å². The highest BCUT2D eigenvalue weighted by Gasteiger charge is 2.67. The SMILES string of the molecule is O=C(CCC(F)(F)F)c1cc(NC(=O)[C@H]2[C@H](c3ccc(F)c(C(F)(F)F)c3)C2(Cl)Cl)c(F)cc1Cl. The molecule has 0 spiro atoms. The summed E-state index contributed by atoms with van der Waals surface area (Å²) in [6.45, 7) is 0. The zero-order valence-corrected chi connectivity index (χ0v) is 19.2. The molecule has 0 bridgehead atoms. The summed E-state index contributed by atoms with van der Waals surface area (Å²) in [6.07, 6.45) is -12.1. The van der Waals surface area contributed by atoms with E-state index in [1.54, 1.807) is 0 Å². The van der Waals surface area contributed by atoms with Gasteiger partial charge in [-0.3, -0.25) is 9.59 Å².